The number of nitrogens with zero attached hydrogens (tertiary/aromatic N) is 1. The van der Waals surface area contributed by atoms with Gasteiger partial charge in [-0.3, -0.25) is 9.59 Å². The molecule has 1 N–H and O–H groups in total. The molecule has 1 heterocycles. The van der Waals surface area contributed by atoms with Gasteiger partial charge >= 0.3 is 0 Å². The van der Waals surface area contributed by atoms with Crippen molar-refractivity contribution in [3.05, 3.63) is 53.6 Å². The molecule has 1 fully saturated rings. The van der Waals surface area contributed by atoms with Crippen LogP contribution in [0.3, 0.4) is 0 Å². The Balaban J connectivity index is 1.46. The summed E-state index contributed by atoms with van der Waals surface area (Å²) in [5.41, 5.74) is 2.16. The van der Waals surface area contributed by atoms with Gasteiger partial charge in [-0.25, -0.2) is 0 Å². The van der Waals surface area contributed by atoms with Crippen molar-refractivity contribution >= 4 is 17.5 Å². The van der Waals surface area contributed by atoms with Gasteiger partial charge in [-0.15, -0.1) is 0 Å². The van der Waals surface area contributed by atoms with Gasteiger partial charge in [0.1, 0.15) is 13.2 Å². The first-order valence-corrected chi connectivity index (χ1v) is 11.2. The number of rotatable bonds is 6. The maximum absolute atomic E-state index is 13.2. The average molecular weight is 423 g/mol. The normalized spacial score (nSPS) is 15.9. The number of ether oxygens (including phenoxy) is 2. The third-order valence-corrected chi connectivity index (χ3v) is 6.03. The molecule has 0 spiro atoms. The van der Waals surface area contributed by atoms with Crippen LogP contribution < -0.4 is 14.8 Å². The van der Waals surface area contributed by atoms with Crippen LogP contribution in [0.2, 0.25) is 0 Å². The molecular weight excluding hydrogens is 392 g/mol. The molecule has 2 amide bonds. The largest absolute Gasteiger partial charge is 0.486 e. The predicted octanol–water partition coefficient (Wildman–Crippen LogP) is 4.64. The zero-order valence-corrected chi connectivity index (χ0v) is 18.1. The summed E-state index contributed by atoms with van der Waals surface area (Å²) in [5.74, 6) is 1.50. The van der Waals surface area contributed by atoms with Gasteiger partial charge in [-0.1, -0.05) is 37.5 Å². The summed E-state index contributed by atoms with van der Waals surface area (Å²) in [4.78, 5) is 27.6. The van der Waals surface area contributed by atoms with Crippen LogP contribution in [0.4, 0.5) is 5.69 Å². The molecule has 0 aromatic heterocycles. The van der Waals surface area contributed by atoms with Crippen LogP contribution in [0.1, 0.15) is 54.9 Å². The fourth-order valence-electron chi connectivity index (χ4n) is 4.31. The molecule has 1 aliphatic carbocycles. The van der Waals surface area contributed by atoms with Crippen LogP contribution in [0.25, 0.3) is 0 Å². The molecule has 2 aliphatic rings. The molecule has 4 rings (SSSR count). The lowest BCUT2D eigenvalue weighted by molar-refractivity contribution is -0.120. The first kappa shape index (κ1) is 21.2. The van der Waals surface area contributed by atoms with Crippen LogP contribution >= 0.6 is 0 Å². The van der Waals surface area contributed by atoms with Crippen LogP contribution in [0.15, 0.2) is 42.5 Å². The van der Waals surface area contributed by atoms with E-state index in [2.05, 4.69) is 5.32 Å². The standard InChI is InChI=1S/C25H30N2O4/c1-2-27(17-20-11-7-13-22-23(20)31-15-14-30-22)25(29)19-10-6-12-21(16-19)26-24(28)18-8-4-3-5-9-18/h6-7,10-13,16,18H,2-5,8-9,14-15,17H2,1H3,(H,26,28). The van der Waals surface area contributed by atoms with Crippen molar-refractivity contribution in [2.75, 3.05) is 25.1 Å². The summed E-state index contributed by atoms with van der Waals surface area (Å²) in [6, 6.07) is 13.0. The number of para-hydroxylation sites is 1. The second-order valence-corrected chi connectivity index (χ2v) is 8.17. The zero-order valence-electron chi connectivity index (χ0n) is 18.1. The van der Waals surface area contributed by atoms with Gasteiger partial charge in [0.05, 0.1) is 0 Å². The van der Waals surface area contributed by atoms with Gasteiger partial charge in [0.25, 0.3) is 5.91 Å². The molecule has 0 saturated heterocycles. The summed E-state index contributed by atoms with van der Waals surface area (Å²) in [6.07, 6.45) is 5.32. The SMILES string of the molecule is CCN(Cc1cccc2c1OCCO2)C(=O)c1cccc(NC(=O)C2CCCCC2)c1. The quantitative estimate of drug-likeness (QED) is 0.736. The second kappa shape index (κ2) is 9.86. The Morgan fingerprint density at radius 2 is 1.81 bits per heavy atom. The monoisotopic (exact) mass is 422 g/mol. The Hall–Kier alpha value is -3.02. The predicted molar refractivity (Wildman–Crippen MR) is 119 cm³/mol. The number of carbonyl (C=O) groups is 2. The molecule has 1 aliphatic heterocycles. The number of nitrogens with one attached hydrogen (secondary N) is 1. The number of carbonyl (C=O) groups excluding carboxylic acids is 2. The Kier molecular flexibility index (Phi) is 6.75. The van der Waals surface area contributed by atoms with Crippen molar-refractivity contribution in [1.82, 2.24) is 4.90 Å². The summed E-state index contributed by atoms with van der Waals surface area (Å²) in [6.45, 7) is 3.99. The van der Waals surface area contributed by atoms with Gasteiger partial charge in [0.15, 0.2) is 11.5 Å². The minimum atomic E-state index is -0.0782. The topological polar surface area (TPSA) is 67.9 Å². The molecule has 6 heteroatoms. The zero-order chi connectivity index (χ0) is 21.6. The molecule has 164 valence electrons. The Labute approximate surface area is 183 Å². The van der Waals surface area contributed by atoms with Crippen molar-refractivity contribution in [3.8, 4) is 11.5 Å². The second-order valence-electron chi connectivity index (χ2n) is 8.17. The third kappa shape index (κ3) is 5.01. The van der Waals surface area contributed by atoms with Crippen molar-refractivity contribution in [1.29, 1.82) is 0 Å². The lowest BCUT2D eigenvalue weighted by Gasteiger charge is -2.25. The number of benzene rings is 2. The molecule has 1 saturated carbocycles. The number of fused-ring (bicyclic) bond motifs is 1. The lowest BCUT2D eigenvalue weighted by Crippen LogP contribution is -2.31. The van der Waals surface area contributed by atoms with E-state index >= 15 is 0 Å². The molecule has 6 nitrogen and oxygen atoms in total. The average Bonchev–Trinajstić information content (AvgIpc) is 2.83. The highest BCUT2D eigenvalue weighted by atomic mass is 16.6. The van der Waals surface area contributed by atoms with E-state index in [1.165, 1.54) is 6.42 Å². The molecule has 0 unspecified atom stereocenters. The van der Waals surface area contributed by atoms with E-state index in [1.54, 1.807) is 17.0 Å². The van der Waals surface area contributed by atoms with Gasteiger partial charge in [-0.05, 0) is 44.0 Å². The Bertz CT molecular complexity index is 937. The Morgan fingerprint density at radius 3 is 2.61 bits per heavy atom. The van der Waals surface area contributed by atoms with Crippen molar-refractivity contribution in [2.45, 2.75) is 45.6 Å². The van der Waals surface area contributed by atoms with Crippen LogP contribution in [-0.4, -0.2) is 36.5 Å². The highest BCUT2D eigenvalue weighted by Gasteiger charge is 2.23. The number of hydrogen-bond donors (Lipinski definition) is 1. The van der Waals surface area contributed by atoms with E-state index in [0.717, 1.165) is 37.0 Å². The van der Waals surface area contributed by atoms with Gasteiger partial charge in [0.2, 0.25) is 5.91 Å². The third-order valence-electron chi connectivity index (χ3n) is 6.03. The summed E-state index contributed by atoms with van der Waals surface area (Å²) in [5, 5.41) is 3.01. The van der Waals surface area contributed by atoms with E-state index in [0.29, 0.717) is 43.3 Å². The molecule has 0 atom stereocenters. The van der Waals surface area contributed by atoms with Crippen LogP contribution in [0.5, 0.6) is 11.5 Å². The molecule has 2 aromatic rings. The first-order valence-electron chi connectivity index (χ1n) is 11.2. The van der Waals surface area contributed by atoms with Gasteiger partial charge in [0, 0.05) is 35.8 Å². The highest BCUT2D eigenvalue weighted by Crippen LogP contribution is 2.34. The number of amides is 2. The van der Waals surface area contributed by atoms with E-state index in [-0.39, 0.29) is 17.7 Å². The smallest absolute Gasteiger partial charge is 0.254 e. The van der Waals surface area contributed by atoms with E-state index in [9.17, 15) is 9.59 Å². The van der Waals surface area contributed by atoms with Crippen molar-refractivity contribution in [3.63, 3.8) is 0 Å². The Morgan fingerprint density at radius 1 is 1.03 bits per heavy atom. The number of anilines is 1. The van der Waals surface area contributed by atoms with Crippen molar-refractivity contribution in [2.24, 2.45) is 5.92 Å². The minimum Gasteiger partial charge on any atom is -0.486 e. The maximum atomic E-state index is 13.2. The van der Waals surface area contributed by atoms with Gasteiger partial charge < -0.3 is 19.7 Å². The van der Waals surface area contributed by atoms with E-state index in [4.69, 9.17) is 9.47 Å². The summed E-state index contributed by atoms with van der Waals surface area (Å²) in [7, 11) is 0. The molecule has 0 radical (unpaired) electrons. The van der Waals surface area contributed by atoms with Crippen LogP contribution in [0, 0.1) is 5.92 Å². The molecule has 31 heavy (non-hydrogen) atoms. The fraction of sp³-hybridized carbons (Fsp3) is 0.440. The summed E-state index contributed by atoms with van der Waals surface area (Å²) < 4.78 is 11.5. The van der Waals surface area contributed by atoms with Crippen LogP contribution in [-0.2, 0) is 11.3 Å². The highest BCUT2D eigenvalue weighted by molar-refractivity contribution is 5.97. The first-order chi connectivity index (χ1) is 15.2. The molecular formula is C25H30N2O4. The van der Waals surface area contributed by atoms with E-state index in [1.807, 2.05) is 37.3 Å². The fourth-order valence-corrected chi connectivity index (χ4v) is 4.31. The maximum Gasteiger partial charge on any atom is 0.254 e. The summed E-state index contributed by atoms with van der Waals surface area (Å²) >= 11 is 0. The van der Waals surface area contributed by atoms with Crippen molar-refractivity contribution < 1.29 is 19.1 Å². The lowest BCUT2D eigenvalue weighted by atomic mass is 9.88. The molecule has 2 aromatic carbocycles. The van der Waals surface area contributed by atoms with E-state index < -0.39 is 0 Å². The molecule has 0 bridgehead atoms. The van der Waals surface area contributed by atoms with Gasteiger partial charge in [-0.2, -0.15) is 0 Å². The minimum absolute atomic E-state index is 0.0599. The number of hydrogen-bond acceptors (Lipinski definition) is 4.